The van der Waals surface area contributed by atoms with Crippen molar-refractivity contribution in [3.63, 3.8) is 0 Å². The zero-order chi connectivity index (χ0) is 16.1. The third-order valence-corrected chi connectivity index (χ3v) is 3.78. The summed E-state index contributed by atoms with van der Waals surface area (Å²) in [5, 5.41) is 14.0. The van der Waals surface area contributed by atoms with Crippen LogP contribution in [0.4, 0.5) is 5.88 Å². The maximum atomic E-state index is 10.6. The second-order valence-corrected chi connectivity index (χ2v) is 5.42. The Kier molecular flexibility index (Phi) is 6.51. The van der Waals surface area contributed by atoms with Gasteiger partial charge in [0, 0.05) is 12.6 Å². The largest absolute Gasteiger partial charge is 0.489 e. The van der Waals surface area contributed by atoms with E-state index in [-0.39, 0.29) is 29.9 Å². The Hall–Kier alpha value is -2.19. The average Bonchev–Trinajstić information content (AvgIpc) is 3.24. The molecule has 2 aromatic rings. The first-order valence-corrected chi connectivity index (χ1v) is 7.65. The van der Waals surface area contributed by atoms with E-state index in [1.165, 1.54) is 50.2 Å². The number of nitrogens with one attached hydrogen (secondary N) is 1. The quantitative estimate of drug-likeness (QED) is 0.463. The van der Waals surface area contributed by atoms with Gasteiger partial charge in [0.2, 0.25) is 0 Å². The molecule has 8 nitrogen and oxygen atoms in total. The van der Waals surface area contributed by atoms with Crippen molar-refractivity contribution in [3.05, 3.63) is 34.6 Å². The van der Waals surface area contributed by atoms with Gasteiger partial charge in [-0.1, -0.05) is 12.8 Å². The first-order chi connectivity index (χ1) is 11.2. The van der Waals surface area contributed by atoms with Gasteiger partial charge in [-0.2, -0.15) is 0 Å². The van der Waals surface area contributed by atoms with Gasteiger partial charge in [-0.25, -0.2) is 9.97 Å². The molecular formula is C15H19ClN4O4. The molecule has 0 aromatic carbocycles. The van der Waals surface area contributed by atoms with E-state index >= 15 is 0 Å². The first-order valence-electron chi connectivity index (χ1n) is 7.65. The molecule has 0 amide bonds. The molecule has 9 heteroatoms. The summed E-state index contributed by atoms with van der Waals surface area (Å²) < 4.78 is 10.6. The molecule has 0 spiro atoms. The number of furan rings is 1. The highest BCUT2D eigenvalue weighted by molar-refractivity contribution is 5.85. The van der Waals surface area contributed by atoms with Crippen LogP contribution in [0.2, 0.25) is 0 Å². The lowest BCUT2D eigenvalue weighted by Gasteiger charge is -2.12. The van der Waals surface area contributed by atoms with E-state index in [4.69, 9.17) is 9.15 Å². The molecule has 130 valence electrons. The van der Waals surface area contributed by atoms with Crippen LogP contribution in [0.3, 0.4) is 0 Å². The van der Waals surface area contributed by atoms with Gasteiger partial charge in [-0.05, 0) is 18.9 Å². The molecule has 1 aliphatic rings. The molecule has 2 aromatic heterocycles. The van der Waals surface area contributed by atoms with Gasteiger partial charge >= 0.3 is 5.88 Å². The molecule has 1 fully saturated rings. The number of nitrogens with zero attached hydrogens (tertiary/aromatic N) is 3. The Morgan fingerprint density at radius 2 is 2.00 bits per heavy atom. The van der Waals surface area contributed by atoms with Crippen LogP contribution in [0.15, 0.2) is 28.9 Å². The van der Waals surface area contributed by atoms with Gasteiger partial charge in [0.25, 0.3) is 0 Å². The lowest BCUT2D eigenvalue weighted by molar-refractivity contribution is -0.401. The molecule has 0 aliphatic heterocycles. The minimum atomic E-state index is -0.599. The van der Waals surface area contributed by atoms with Gasteiger partial charge in [-0.3, -0.25) is 10.1 Å². The van der Waals surface area contributed by atoms with Crippen LogP contribution in [0.5, 0.6) is 5.75 Å². The van der Waals surface area contributed by atoms with Crippen molar-refractivity contribution in [1.82, 2.24) is 15.3 Å². The van der Waals surface area contributed by atoms with Crippen LogP contribution in [-0.4, -0.2) is 34.1 Å². The van der Waals surface area contributed by atoms with Gasteiger partial charge < -0.3 is 14.5 Å². The molecule has 1 saturated carbocycles. The summed E-state index contributed by atoms with van der Waals surface area (Å²) in [7, 11) is 0. The highest BCUT2D eigenvalue weighted by Crippen LogP contribution is 2.23. The van der Waals surface area contributed by atoms with Crippen molar-refractivity contribution >= 4 is 18.3 Å². The van der Waals surface area contributed by atoms with E-state index < -0.39 is 4.92 Å². The molecule has 0 atom stereocenters. The summed E-state index contributed by atoms with van der Waals surface area (Å²) in [5.41, 5.74) is 0. The van der Waals surface area contributed by atoms with Gasteiger partial charge in [0.15, 0.2) is 17.3 Å². The lowest BCUT2D eigenvalue weighted by atomic mass is 10.2. The number of ether oxygens (including phenoxy) is 1. The van der Waals surface area contributed by atoms with Crippen LogP contribution < -0.4 is 10.1 Å². The molecular weight excluding hydrogens is 336 g/mol. The maximum Gasteiger partial charge on any atom is 0.433 e. The van der Waals surface area contributed by atoms with E-state index in [1.807, 2.05) is 0 Å². The predicted molar refractivity (Wildman–Crippen MR) is 89.4 cm³/mol. The zero-order valence-electron chi connectivity index (χ0n) is 13.0. The summed E-state index contributed by atoms with van der Waals surface area (Å²) in [4.78, 5) is 18.2. The molecule has 1 N–H and O–H groups in total. The number of aromatic nitrogens is 2. The fraction of sp³-hybridized carbons (Fsp3) is 0.467. The van der Waals surface area contributed by atoms with Crippen LogP contribution >= 0.6 is 12.4 Å². The fourth-order valence-corrected chi connectivity index (χ4v) is 2.63. The minimum Gasteiger partial charge on any atom is -0.489 e. The van der Waals surface area contributed by atoms with Gasteiger partial charge in [-0.15, -0.1) is 12.4 Å². The Labute approximate surface area is 145 Å². The van der Waals surface area contributed by atoms with Gasteiger partial charge in [0.05, 0.1) is 18.5 Å². The predicted octanol–water partition coefficient (Wildman–Crippen LogP) is 2.98. The summed E-state index contributed by atoms with van der Waals surface area (Å²) in [5.74, 6) is 0.769. The van der Waals surface area contributed by atoms with Crippen molar-refractivity contribution in [2.24, 2.45) is 0 Å². The molecule has 0 radical (unpaired) electrons. The first kappa shape index (κ1) is 18.2. The third-order valence-electron chi connectivity index (χ3n) is 3.78. The Morgan fingerprint density at radius 1 is 1.29 bits per heavy atom. The second kappa shape index (κ2) is 8.60. The van der Waals surface area contributed by atoms with Crippen LogP contribution in [0, 0.1) is 10.1 Å². The Balaban J connectivity index is 0.00000208. The number of rotatable bonds is 7. The number of hydrogen-bond acceptors (Lipinski definition) is 7. The number of halogens is 1. The van der Waals surface area contributed by atoms with E-state index in [9.17, 15) is 10.1 Å². The summed E-state index contributed by atoms with van der Waals surface area (Å²) in [6.07, 6.45) is 8.16. The highest BCUT2D eigenvalue weighted by Gasteiger charge is 2.15. The van der Waals surface area contributed by atoms with Crippen LogP contribution in [-0.2, 0) is 0 Å². The van der Waals surface area contributed by atoms with Crippen molar-refractivity contribution < 1.29 is 14.1 Å². The van der Waals surface area contributed by atoms with Crippen molar-refractivity contribution in [1.29, 1.82) is 0 Å². The molecule has 3 rings (SSSR count). The van der Waals surface area contributed by atoms with E-state index in [0.717, 1.165) is 6.54 Å². The maximum absolute atomic E-state index is 10.6. The van der Waals surface area contributed by atoms with E-state index in [1.54, 1.807) is 0 Å². The average molecular weight is 355 g/mol. The third kappa shape index (κ3) is 4.65. The fourth-order valence-electron chi connectivity index (χ4n) is 2.63. The van der Waals surface area contributed by atoms with E-state index in [0.29, 0.717) is 18.4 Å². The minimum absolute atomic E-state index is 0. The second-order valence-electron chi connectivity index (χ2n) is 5.42. The number of hydrogen-bond donors (Lipinski definition) is 1. The smallest absolute Gasteiger partial charge is 0.433 e. The highest BCUT2D eigenvalue weighted by atomic mass is 35.5. The molecule has 24 heavy (non-hydrogen) atoms. The standard InChI is InChI=1S/C15H18N4O4.ClH/c20-19(21)14-6-5-13(23-14)15-17-9-12(10-18-15)22-8-7-16-11-3-1-2-4-11;/h5-6,9-11,16H,1-4,7-8H2;1H. The summed E-state index contributed by atoms with van der Waals surface area (Å²) in [6.45, 7) is 1.34. The van der Waals surface area contributed by atoms with Crippen LogP contribution in [0.25, 0.3) is 11.6 Å². The molecule has 0 unspecified atom stereocenters. The number of nitro groups is 1. The van der Waals surface area contributed by atoms with Crippen molar-refractivity contribution in [3.8, 4) is 17.3 Å². The van der Waals surface area contributed by atoms with Gasteiger partial charge in [0.1, 0.15) is 11.5 Å². The van der Waals surface area contributed by atoms with Crippen molar-refractivity contribution in [2.75, 3.05) is 13.2 Å². The van der Waals surface area contributed by atoms with Crippen molar-refractivity contribution in [2.45, 2.75) is 31.7 Å². The molecule has 1 aliphatic carbocycles. The summed E-state index contributed by atoms with van der Waals surface area (Å²) in [6, 6.07) is 3.36. The topological polar surface area (TPSA) is 103 Å². The zero-order valence-corrected chi connectivity index (χ0v) is 13.8. The Morgan fingerprint density at radius 3 is 2.62 bits per heavy atom. The Bertz CT molecular complexity index is 656. The van der Waals surface area contributed by atoms with Crippen LogP contribution in [0.1, 0.15) is 25.7 Å². The van der Waals surface area contributed by atoms with E-state index in [2.05, 4.69) is 15.3 Å². The summed E-state index contributed by atoms with van der Waals surface area (Å²) >= 11 is 0. The monoisotopic (exact) mass is 354 g/mol. The lowest BCUT2D eigenvalue weighted by Crippen LogP contribution is -2.30. The molecule has 0 bridgehead atoms. The SMILES string of the molecule is Cl.O=[N+]([O-])c1ccc(-c2ncc(OCCNC3CCCC3)cn2)o1. The normalized spacial score (nSPS) is 14.3. The molecule has 2 heterocycles. The molecule has 0 saturated heterocycles.